The molecule has 3 heteroatoms. The van der Waals surface area contributed by atoms with Crippen molar-refractivity contribution < 1.29 is 9.53 Å². The van der Waals surface area contributed by atoms with Crippen molar-refractivity contribution in [2.75, 3.05) is 13.7 Å². The van der Waals surface area contributed by atoms with Gasteiger partial charge >= 0.3 is 0 Å². The zero-order chi connectivity index (χ0) is 12.1. The standard InChI is InChI=1S/C13H19NO2/c1-5-14-10(3)13(15)11-8-9(2)6-7-12(11)16-4/h6-8,10,14H,5H2,1-4H3. The van der Waals surface area contributed by atoms with Crippen LogP contribution in [0.15, 0.2) is 18.2 Å². The van der Waals surface area contributed by atoms with Crippen LogP contribution in [0.4, 0.5) is 0 Å². The second-order valence-corrected chi connectivity index (χ2v) is 3.85. The van der Waals surface area contributed by atoms with E-state index in [9.17, 15) is 4.79 Å². The third-order valence-electron chi connectivity index (χ3n) is 2.52. The molecule has 0 bridgehead atoms. The van der Waals surface area contributed by atoms with Crippen LogP contribution >= 0.6 is 0 Å². The summed E-state index contributed by atoms with van der Waals surface area (Å²) < 4.78 is 5.20. The molecule has 1 unspecified atom stereocenters. The van der Waals surface area contributed by atoms with Gasteiger partial charge in [-0.3, -0.25) is 4.79 Å². The van der Waals surface area contributed by atoms with E-state index in [1.54, 1.807) is 7.11 Å². The number of ketones is 1. The Morgan fingerprint density at radius 1 is 1.50 bits per heavy atom. The molecule has 0 saturated carbocycles. The first-order valence-corrected chi connectivity index (χ1v) is 5.52. The van der Waals surface area contributed by atoms with E-state index in [0.717, 1.165) is 12.1 Å². The number of benzene rings is 1. The Balaban J connectivity index is 3.01. The minimum Gasteiger partial charge on any atom is -0.496 e. The van der Waals surface area contributed by atoms with Gasteiger partial charge in [-0.05, 0) is 32.5 Å². The molecule has 16 heavy (non-hydrogen) atoms. The van der Waals surface area contributed by atoms with Gasteiger partial charge in [0.05, 0.1) is 18.7 Å². The molecule has 88 valence electrons. The normalized spacial score (nSPS) is 12.2. The number of hydrogen-bond donors (Lipinski definition) is 1. The van der Waals surface area contributed by atoms with Crippen molar-refractivity contribution >= 4 is 5.78 Å². The Labute approximate surface area is 96.8 Å². The van der Waals surface area contributed by atoms with Crippen LogP contribution in [0.25, 0.3) is 0 Å². The third kappa shape index (κ3) is 2.83. The second kappa shape index (κ2) is 5.66. The fourth-order valence-electron chi connectivity index (χ4n) is 1.65. The van der Waals surface area contributed by atoms with Gasteiger partial charge in [-0.1, -0.05) is 18.6 Å². The van der Waals surface area contributed by atoms with Gasteiger partial charge in [0.25, 0.3) is 0 Å². The molecule has 1 atom stereocenters. The van der Waals surface area contributed by atoms with Crippen LogP contribution in [0.2, 0.25) is 0 Å². The lowest BCUT2D eigenvalue weighted by molar-refractivity contribution is 0.0949. The van der Waals surface area contributed by atoms with Gasteiger partial charge in [0.1, 0.15) is 5.75 Å². The van der Waals surface area contributed by atoms with Gasteiger partial charge in [-0.15, -0.1) is 0 Å². The van der Waals surface area contributed by atoms with Crippen molar-refractivity contribution in [1.29, 1.82) is 0 Å². The number of rotatable bonds is 5. The molecule has 0 aliphatic rings. The van der Waals surface area contributed by atoms with Crippen LogP contribution in [0.1, 0.15) is 29.8 Å². The quantitative estimate of drug-likeness (QED) is 0.774. The molecule has 0 fully saturated rings. The van der Waals surface area contributed by atoms with E-state index in [2.05, 4.69) is 5.32 Å². The summed E-state index contributed by atoms with van der Waals surface area (Å²) in [5.74, 6) is 0.711. The molecule has 0 saturated heterocycles. The molecule has 0 amide bonds. The number of nitrogens with one attached hydrogen (secondary N) is 1. The summed E-state index contributed by atoms with van der Waals surface area (Å²) in [5, 5.41) is 3.11. The van der Waals surface area contributed by atoms with E-state index < -0.39 is 0 Å². The van der Waals surface area contributed by atoms with Crippen LogP contribution in [0.5, 0.6) is 5.75 Å². The highest BCUT2D eigenvalue weighted by atomic mass is 16.5. The summed E-state index contributed by atoms with van der Waals surface area (Å²) in [7, 11) is 1.58. The average Bonchev–Trinajstić information content (AvgIpc) is 2.28. The summed E-state index contributed by atoms with van der Waals surface area (Å²) in [6, 6.07) is 5.46. The van der Waals surface area contributed by atoms with Gasteiger partial charge < -0.3 is 10.1 Å². The van der Waals surface area contributed by atoms with Crippen molar-refractivity contribution in [1.82, 2.24) is 5.32 Å². The molecule has 1 N–H and O–H groups in total. The molecule has 0 spiro atoms. The van der Waals surface area contributed by atoms with Gasteiger partial charge in [-0.2, -0.15) is 0 Å². The average molecular weight is 221 g/mol. The Morgan fingerprint density at radius 3 is 2.75 bits per heavy atom. The molecule has 0 heterocycles. The fourth-order valence-corrected chi connectivity index (χ4v) is 1.65. The van der Waals surface area contributed by atoms with Crippen LogP contribution in [-0.2, 0) is 0 Å². The van der Waals surface area contributed by atoms with E-state index in [1.807, 2.05) is 39.0 Å². The van der Waals surface area contributed by atoms with E-state index in [-0.39, 0.29) is 11.8 Å². The lowest BCUT2D eigenvalue weighted by Gasteiger charge is -2.14. The van der Waals surface area contributed by atoms with Crippen molar-refractivity contribution in [3.8, 4) is 5.75 Å². The summed E-state index contributed by atoms with van der Waals surface area (Å²) >= 11 is 0. The highest BCUT2D eigenvalue weighted by molar-refractivity contribution is 6.02. The molecular formula is C13H19NO2. The first kappa shape index (κ1) is 12.7. The van der Waals surface area contributed by atoms with Crippen molar-refractivity contribution in [2.45, 2.75) is 26.8 Å². The monoisotopic (exact) mass is 221 g/mol. The van der Waals surface area contributed by atoms with Crippen LogP contribution in [0.3, 0.4) is 0 Å². The highest BCUT2D eigenvalue weighted by Gasteiger charge is 2.18. The van der Waals surface area contributed by atoms with Gasteiger partial charge in [0.2, 0.25) is 0 Å². The van der Waals surface area contributed by atoms with E-state index in [4.69, 9.17) is 4.74 Å². The van der Waals surface area contributed by atoms with E-state index in [1.165, 1.54) is 0 Å². The number of hydrogen-bond acceptors (Lipinski definition) is 3. The number of carbonyl (C=O) groups excluding carboxylic acids is 1. The maximum absolute atomic E-state index is 12.1. The van der Waals surface area contributed by atoms with Crippen LogP contribution in [0, 0.1) is 6.92 Å². The van der Waals surface area contributed by atoms with Crippen molar-refractivity contribution in [2.24, 2.45) is 0 Å². The maximum Gasteiger partial charge on any atom is 0.183 e. The largest absolute Gasteiger partial charge is 0.496 e. The van der Waals surface area contributed by atoms with Gasteiger partial charge in [0, 0.05) is 0 Å². The second-order valence-electron chi connectivity index (χ2n) is 3.85. The number of ether oxygens (including phenoxy) is 1. The molecule has 1 aromatic rings. The number of carbonyl (C=O) groups is 1. The molecule has 1 aromatic carbocycles. The molecule has 3 nitrogen and oxygen atoms in total. The summed E-state index contributed by atoms with van der Waals surface area (Å²) in [6.07, 6.45) is 0. The molecular weight excluding hydrogens is 202 g/mol. The molecule has 0 aliphatic carbocycles. The zero-order valence-corrected chi connectivity index (χ0v) is 10.3. The van der Waals surface area contributed by atoms with E-state index in [0.29, 0.717) is 11.3 Å². The molecule has 1 rings (SSSR count). The minimum absolute atomic E-state index is 0.0717. The maximum atomic E-state index is 12.1. The minimum atomic E-state index is -0.180. The van der Waals surface area contributed by atoms with E-state index >= 15 is 0 Å². The summed E-state index contributed by atoms with van der Waals surface area (Å²) in [4.78, 5) is 12.1. The SMILES string of the molecule is CCNC(C)C(=O)c1cc(C)ccc1OC. The summed E-state index contributed by atoms with van der Waals surface area (Å²) in [6.45, 7) is 6.60. The van der Waals surface area contributed by atoms with Gasteiger partial charge in [0.15, 0.2) is 5.78 Å². The first-order chi connectivity index (χ1) is 7.60. The first-order valence-electron chi connectivity index (χ1n) is 5.52. The zero-order valence-electron chi connectivity index (χ0n) is 10.3. The van der Waals surface area contributed by atoms with Crippen LogP contribution in [-0.4, -0.2) is 25.5 Å². The Bertz CT molecular complexity index is 374. The van der Waals surface area contributed by atoms with Crippen LogP contribution < -0.4 is 10.1 Å². The topological polar surface area (TPSA) is 38.3 Å². The number of Topliss-reactive ketones (excluding diaryl/α,β-unsaturated/α-hetero) is 1. The van der Waals surface area contributed by atoms with Crippen molar-refractivity contribution in [3.05, 3.63) is 29.3 Å². The Kier molecular flexibility index (Phi) is 4.50. The predicted octanol–water partition coefficient (Wildman–Crippen LogP) is 2.18. The number of methoxy groups -OCH3 is 1. The lowest BCUT2D eigenvalue weighted by Crippen LogP contribution is -2.33. The number of aryl methyl sites for hydroxylation is 1. The molecule has 0 aromatic heterocycles. The predicted molar refractivity (Wildman–Crippen MR) is 65.2 cm³/mol. The highest BCUT2D eigenvalue weighted by Crippen LogP contribution is 2.21. The molecule has 0 radical (unpaired) electrons. The fraction of sp³-hybridized carbons (Fsp3) is 0.462. The summed E-state index contributed by atoms with van der Waals surface area (Å²) in [5.41, 5.74) is 1.71. The Morgan fingerprint density at radius 2 is 2.19 bits per heavy atom. The Hall–Kier alpha value is -1.35. The van der Waals surface area contributed by atoms with Gasteiger partial charge in [-0.25, -0.2) is 0 Å². The van der Waals surface area contributed by atoms with Crippen molar-refractivity contribution in [3.63, 3.8) is 0 Å². The smallest absolute Gasteiger partial charge is 0.183 e. The number of likely N-dealkylation sites (N-methyl/N-ethyl adjacent to an activating group) is 1. The third-order valence-corrected chi connectivity index (χ3v) is 2.52. The molecule has 0 aliphatic heterocycles. The lowest BCUT2D eigenvalue weighted by atomic mass is 10.0.